The van der Waals surface area contributed by atoms with Crippen molar-refractivity contribution in [2.24, 2.45) is 57.2 Å². The lowest BCUT2D eigenvalue weighted by Gasteiger charge is -2.60. The number of rotatable bonds is 4. The quantitative estimate of drug-likeness (QED) is 0.282. The number of fused-ring (bicyclic) bond motifs is 5. The van der Waals surface area contributed by atoms with Crippen LogP contribution in [-0.2, 0) is 0 Å². The van der Waals surface area contributed by atoms with Crippen molar-refractivity contribution in [2.75, 3.05) is 0 Å². The highest BCUT2D eigenvalue weighted by molar-refractivity contribution is 5.81. The van der Waals surface area contributed by atoms with E-state index in [1.165, 1.54) is 70.6 Å². The number of nitrogens with two attached hydrogens (primary N) is 2. The number of amidine groups is 1. The molecule has 0 aromatic rings. The second kappa shape index (κ2) is 7.57. The monoisotopic (exact) mass is 374 g/mol. The van der Waals surface area contributed by atoms with Gasteiger partial charge in [0.25, 0.3) is 0 Å². The summed E-state index contributed by atoms with van der Waals surface area (Å²) in [6.07, 6.45) is 18.3. The van der Waals surface area contributed by atoms with Gasteiger partial charge in [0.1, 0.15) is 5.84 Å². The third kappa shape index (κ3) is 3.20. The van der Waals surface area contributed by atoms with E-state index in [4.69, 9.17) is 11.7 Å². The molecule has 4 rings (SSSR count). The van der Waals surface area contributed by atoms with Gasteiger partial charge in [0.2, 0.25) is 0 Å². The average Bonchev–Trinajstić information content (AvgIpc) is 3.01. The lowest BCUT2D eigenvalue weighted by atomic mass is 9.45. The van der Waals surface area contributed by atoms with Crippen LogP contribution in [0.1, 0.15) is 97.3 Å². The predicted octanol–water partition coefficient (Wildman–Crippen LogP) is 4.94. The van der Waals surface area contributed by atoms with Crippen molar-refractivity contribution >= 4 is 5.84 Å². The van der Waals surface area contributed by atoms with Crippen LogP contribution in [0.15, 0.2) is 5.10 Å². The molecule has 4 saturated carbocycles. The first-order chi connectivity index (χ1) is 13.0. The molecule has 4 fully saturated rings. The maximum atomic E-state index is 5.49. The molecule has 27 heavy (non-hydrogen) atoms. The minimum atomic E-state index is 0.579. The van der Waals surface area contributed by atoms with Crippen LogP contribution >= 0.6 is 0 Å². The molecule has 154 valence electrons. The van der Waals surface area contributed by atoms with Crippen LogP contribution in [0.4, 0.5) is 0 Å². The zero-order valence-corrected chi connectivity index (χ0v) is 17.7. The minimum Gasteiger partial charge on any atom is -0.322 e. The average molecular weight is 375 g/mol. The van der Waals surface area contributed by atoms with E-state index in [0.717, 1.165) is 48.3 Å². The fourth-order valence-corrected chi connectivity index (χ4v) is 8.57. The highest BCUT2D eigenvalue weighted by atomic mass is 15.3. The van der Waals surface area contributed by atoms with Gasteiger partial charge in [-0.2, -0.15) is 5.10 Å². The van der Waals surface area contributed by atoms with Crippen molar-refractivity contribution < 1.29 is 0 Å². The van der Waals surface area contributed by atoms with Crippen molar-refractivity contribution in [2.45, 2.75) is 97.3 Å². The Morgan fingerprint density at radius 1 is 0.963 bits per heavy atom. The lowest BCUT2D eigenvalue weighted by molar-refractivity contribution is -0.111. The first-order valence-corrected chi connectivity index (χ1v) is 11.8. The molecule has 0 heterocycles. The van der Waals surface area contributed by atoms with Crippen molar-refractivity contribution in [1.29, 1.82) is 0 Å². The van der Waals surface area contributed by atoms with E-state index in [1.807, 2.05) is 0 Å². The van der Waals surface area contributed by atoms with Crippen LogP contribution < -0.4 is 17.1 Å². The van der Waals surface area contributed by atoms with Gasteiger partial charge >= 0.3 is 0 Å². The summed E-state index contributed by atoms with van der Waals surface area (Å²) in [7, 11) is 0. The summed E-state index contributed by atoms with van der Waals surface area (Å²) in [5.74, 6) is 16.6. The predicted molar refractivity (Wildman–Crippen MR) is 113 cm³/mol. The fourth-order valence-electron chi connectivity index (χ4n) is 8.57. The molecule has 5 N–H and O–H groups in total. The second-order valence-electron chi connectivity index (χ2n) is 10.8. The summed E-state index contributed by atoms with van der Waals surface area (Å²) in [4.78, 5) is 0. The molecule has 7 atom stereocenters. The van der Waals surface area contributed by atoms with Crippen molar-refractivity contribution in [3.63, 3.8) is 0 Å². The standard InChI is InChI=1S/C23H42N4/c1-22-14-4-3-6-16(22)9-11-18-19-12-10-17(7-5-8-21(26-24)27-25)23(19,2)15-13-20(18)22/h16-20H,3-15,24-25H2,1-2H3,(H,26,27). The van der Waals surface area contributed by atoms with Gasteiger partial charge in [0.15, 0.2) is 0 Å². The highest BCUT2D eigenvalue weighted by Crippen LogP contribution is 2.67. The van der Waals surface area contributed by atoms with Gasteiger partial charge in [0.05, 0.1) is 0 Å². The molecule has 4 nitrogen and oxygen atoms in total. The molecule has 4 aliphatic rings. The smallest absolute Gasteiger partial charge is 0.135 e. The Kier molecular flexibility index (Phi) is 5.48. The van der Waals surface area contributed by atoms with Crippen molar-refractivity contribution in [1.82, 2.24) is 5.43 Å². The number of hydrogen-bond donors (Lipinski definition) is 3. The Labute approximate surface area is 166 Å². The zero-order valence-electron chi connectivity index (χ0n) is 17.7. The molecule has 7 unspecified atom stereocenters. The number of nitrogens with one attached hydrogen (secondary N) is 1. The van der Waals surface area contributed by atoms with Crippen LogP contribution in [0, 0.1) is 40.4 Å². The third-order valence-electron chi connectivity index (χ3n) is 10.1. The van der Waals surface area contributed by atoms with Crippen LogP contribution in [0.3, 0.4) is 0 Å². The van der Waals surface area contributed by atoms with Gasteiger partial charge in [-0.1, -0.05) is 26.7 Å². The Morgan fingerprint density at radius 3 is 2.56 bits per heavy atom. The Bertz CT molecular complexity index is 561. The normalized spacial score (nSPS) is 47.1. The van der Waals surface area contributed by atoms with E-state index in [0.29, 0.717) is 10.8 Å². The number of hydrazine groups is 1. The van der Waals surface area contributed by atoms with E-state index in [-0.39, 0.29) is 0 Å². The van der Waals surface area contributed by atoms with Crippen molar-refractivity contribution in [3.8, 4) is 0 Å². The first kappa shape index (κ1) is 19.5. The van der Waals surface area contributed by atoms with Gasteiger partial charge in [-0.25, -0.2) is 5.84 Å². The molecule has 0 aromatic heterocycles. The zero-order chi connectivity index (χ0) is 19.1. The molecule has 0 aromatic carbocycles. The first-order valence-electron chi connectivity index (χ1n) is 11.8. The molecule has 0 spiro atoms. The van der Waals surface area contributed by atoms with E-state index in [2.05, 4.69) is 24.4 Å². The molecular formula is C23H42N4. The molecule has 0 bridgehead atoms. The van der Waals surface area contributed by atoms with E-state index < -0.39 is 0 Å². The fraction of sp³-hybridized carbons (Fsp3) is 0.957. The highest BCUT2D eigenvalue weighted by Gasteiger charge is 2.59. The molecule has 4 aliphatic carbocycles. The Hall–Kier alpha value is -0.770. The summed E-state index contributed by atoms with van der Waals surface area (Å²) in [6.45, 7) is 5.34. The third-order valence-corrected chi connectivity index (χ3v) is 10.1. The minimum absolute atomic E-state index is 0.579. The van der Waals surface area contributed by atoms with Gasteiger partial charge in [-0.3, -0.25) is 0 Å². The summed E-state index contributed by atoms with van der Waals surface area (Å²) >= 11 is 0. The maximum absolute atomic E-state index is 5.49. The number of nitrogens with zero attached hydrogens (tertiary/aromatic N) is 1. The largest absolute Gasteiger partial charge is 0.322 e. The summed E-state index contributed by atoms with van der Waals surface area (Å²) in [6, 6.07) is 0. The van der Waals surface area contributed by atoms with Crippen LogP contribution in [0.25, 0.3) is 0 Å². The summed E-state index contributed by atoms with van der Waals surface area (Å²) < 4.78 is 0. The SMILES string of the molecule is CC12CCCCC1CCC1C2CCC2(C)C(CCC/C(=N/N)NN)CCC12. The Balaban J connectivity index is 1.43. The lowest BCUT2D eigenvalue weighted by Crippen LogP contribution is -2.52. The Morgan fingerprint density at radius 2 is 1.78 bits per heavy atom. The second-order valence-corrected chi connectivity index (χ2v) is 10.8. The van der Waals surface area contributed by atoms with Crippen LogP contribution in [-0.4, -0.2) is 5.84 Å². The summed E-state index contributed by atoms with van der Waals surface area (Å²) in [5, 5.41) is 3.75. The molecule has 0 radical (unpaired) electrons. The maximum Gasteiger partial charge on any atom is 0.135 e. The van der Waals surface area contributed by atoms with Gasteiger partial charge < -0.3 is 11.3 Å². The summed E-state index contributed by atoms with van der Waals surface area (Å²) in [5.41, 5.74) is 3.88. The molecule has 0 amide bonds. The van der Waals surface area contributed by atoms with E-state index in [9.17, 15) is 0 Å². The van der Waals surface area contributed by atoms with Crippen LogP contribution in [0.2, 0.25) is 0 Å². The van der Waals surface area contributed by atoms with Gasteiger partial charge in [-0.15, -0.1) is 0 Å². The van der Waals surface area contributed by atoms with Crippen LogP contribution in [0.5, 0.6) is 0 Å². The number of hydrogen-bond acceptors (Lipinski definition) is 3. The van der Waals surface area contributed by atoms with Gasteiger partial charge in [0, 0.05) is 6.42 Å². The molecule has 4 heteroatoms. The molecule has 0 saturated heterocycles. The van der Waals surface area contributed by atoms with Gasteiger partial charge in [-0.05, 0) is 105 Å². The van der Waals surface area contributed by atoms with E-state index in [1.54, 1.807) is 0 Å². The topological polar surface area (TPSA) is 76.4 Å². The number of hydrazone groups is 1. The molecular weight excluding hydrogens is 332 g/mol. The molecule has 0 aliphatic heterocycles. The van der Waals surface area contributed by atoms with E-state index >= 15 is 0 Å². The van der Waals surface area contributed by atoms with Crippen molar-refractivity contribution in [3.05, 3.63) is 0 Å².